The number of carbonyl (C=O) groups is 1. The SMILES string of the molecule is COc1cc(C)nc(CN2CCN(CC(=O)O)CC2)c1. The van der Waals surface area contributed by atoms with E-state index in [-0.39, 0.29) is 6.54 Å². The first-order valence-electron chi connectivity index (χ1n) is 6.75. The van der Waals surface area contributed by atoms with E-state index in [1.54, 1.807) is 7.11 Å². The second-order valence-corrected chi connectivity index (χ2v) is 5.09. The van der Waals surface area contributed by atoms with Crippen molar-refractivity contribution in [3.05, 3.63) is 23.5 Å². The number of pyridine rings is 1. The standard InChI is InChI=1S/C14H21N3O3/c1-11-7-13(20-2)8-12(15-11)9-16-3-5-17(6-4-16)10-14(18)19/h7-8H,3-6,9-10H2,1-2H3,(H,18,19). The zero-order valence-electron chi connectivity index (χ0n) is 12.0. The van der Waals surface area contributed by atoms with Crippen LogP contribution >= 0.6 is 0 Å². The van der Waals surface area contributed by atoms with Gasteiger partial charge in [-0.2, -0.15) is 0 Å². The number of carboxylic acids is 1. The molecule has 0 amide bonds. The highest BCUT2D eigenvalue weighted by molar-refractivity contribution is 5.69. The van der Waals surface area contributed by atoms with Gasteiger partial charge in [-0.05, 0) is 6.92 Å². The average Bonchev–Trinajstić information content (AvgIpc) is 2.39. The Kier molecular flexibility index (Phi) is 4.92. The topological polar surface area (TPSA) is 65.9 Å². The van der Waals surface area contributed by atoms with Gasteiger partial charge in [0.25, 0.3) is 0 Å². The Balaban J connectivity index is 1.89. The molecule has 1 fully saturated rings. The molecule has 1 saturated heterocycles. The molecule has 0 radical (unpaired) electrons. The number of methoxy groups -OCH3 is 1. The molecule has 0 bridgehead atoms. The molecule has 1 aromatic rings. The van der Waals surface area contributed by atoms with Crippen molar-refractivity contribution in [1.82, 2.24) is 14.8 Å². The summed E-state index contributed by atoms with van der Waals surface area (Å²) in [6, 6.07) is 3.87. The summed E-state index contributed by atoms with van der Waals surface area (Å²) in [5.74, 6) is 0.0700. The molecule has 20 heavy (non-hydrogen) atoms. The van der Waals surface area contributed by atoms with Crippen molar-refractivity contribution in [2.24, 2.45) is 0 Å². The van der Waals surface area contributed by atoms with Gasteiger partial charge < -0.3 is 9.84 Å². The van der Waals surface area contributed by atoms with Crippen LogP contribution in [0.1, 0.15) is 11.4 Å². The number of hydrogen-bond donors (Lipinski definition) is 1. The maximum atomic E-state index is 10.7. The third kappa shape index (κ3) is 4.18. The van der Waals surface area contributed by atoms with Crippen molar-refractivity contribution in [2.75, 3.05) is 39.8 Å². The van der Waals surface area contributed by atoms with Crippen LogP contribution in [-0.2, 0) is 11.3 Å². The first-order valence-corrected chi connectivity index (χ1v) is 6.75. The van der Waals surface area contributed by atoms with Crippen LogP contribution in [0, 0.1) is 6.92 Å². The molecule has 0 atom stereocenters. The number of aryl methyl sites for hydroxylation is 1. The number of piperazine rings is 1. The van der Waals surface area contributed by atoms with Gasteiger partial charge >= 0.3 is 5.97 Å². The Bertz CT molecular complexity index is 471. The highest BCUT2D eigenvalue weighted by atomic mass is 16.5. The van der Waals surface area contributed by atoms with Crippen molar-refractivity contribution in [3.8, 4) is 5.75 Å². The summed E-state index contributed by atoms with van der Waals surface area (Å²) in [6.07, 6.45) is 0. The highest BCUT2D eigenvalue weighted by Crippen LogP contribution is 2.15. The number of ether oxygens (including phenoxy) is 1. The van der Waals surface area contributed by atoms with E-state index in [4.69, 9.17) is 9.84 Å². The van der Waals surface area contributed by atoms with Gasteiger partial charge in [-0.25, -0.2) is 0 Å². The van der Waals surface area contributed by atoms with Crippen molar-refractivity contribution in [2.45, 2.75) is 13.5 Å². The van der Waals surface area contributed by atoms with Crippen molar-refractivity contribution in [3.63, 3.8) is 0 Å². The van der Waals surface area contributed by atoms with E-state index < -0.39 is 5.97 Å². The summed E-state index contributed by atoms with van der Waals surface area (Å²) >= 11 is 0. The molecule has 6 heteroatoms. The Morgan fingerprint density at radius 2 is 1.95 bits per heavy atom. The monoisotopic (exact) mass is 279 g/mol. The van der Waals surface area contributed by atoms with Gasteiger partial charge in [0.2, 0.25) is 0 Å². The third-order valence-corrected chi connectivity index (χ3v) is 3.43. The van der Waals surface area contributed by atoms with E-state index in [1.807, 2.05) is 24.0 Å². The van der Waals surface area contributed by atoms with Crippen LogP contribution in [0.3, 0.4) is 0 Å². The van der Waals surface area contributed by atoms with Gasteiger partial charge in [-0.1, -0.05) is 0 Å². The van der Waals surface area contributed by atoms with Gasteiger partial charge in [-0.3, -0.25) is 19.6 Å². The molecular weight excluding hydrogens is 258 g/mol. The maximum absolute atomic E-state index is 10.7. The number of rotatable bonds is 5. The maximum Gasteiger partial charge on any atom is 0.317 e. The van der Waals surface area contributed by atoms with Crippen molar-refractivity contribution < 1.29 is 14.6 Å². The lowest BCUT2D eigenvalue weighted by molar-refractivity contribution is -0.138. The number of aliphatic carboxylic acids is 1. The van der Waals surface area contributed by atoms with Crippen LogP contribution in [0.4, 0.5) is 0 Å². The van der Waals surface area contributed by atoms with Crippen molar-refractivity contribution in [1.29, 1.82) is 0 Å². The third-order valence-electron chi connectivity index (χ3n) is 3.43. The molecule has 2 heterocycles. The van der Waals surface area contributed by atoms with E-state index in [1.165, 1.54) is 0 Å². The Hall–Kier alpha value is -1.66. The summed E-state index contributed by atoms with van der Waals surface area (Å²) in [5.41, 5.74) is 1.94. The fraction of sp³-hybridized carbons (Fsp3) is 0.571. The predicted octanol–water partition coefficient (Wildman–Crippen LogP) is 0.601. The van der Waals surface area contributed by atoms with E-state index in [0.717, 1.165) is 49.9 Å². The molecule has 1 aliphatic rings. The largest absolute Gasteiger partial charge is 0.497 e. The Morgan fingerprint density at radius 1 is 1.30 bits per heavy atom. The van der Waals surface area contributed by atoms with Gasteiger partial charge in [0.1, 0.15) is 5.75 Å². The Morgan fingerprint density at radius 3 is 2.55 bits per heavy atom. The van der Waals surface area contributed by atoms with Gasteiger partial charge in [0.15, 0.2) is 0 Å². The minimum atomic E-state index is -0.761. The molecular formula is C14H21N3O3. The summed E-state index contributed by atoms with van der Waals surface area (Å²) in [4.78, 5) is 19.4. The molecule has 2 rings (SSSR count). The van der Waals surface area contributed by atoms with E-state index >= 15 is 0 Å². The summed E-state index contributed by atoms with van der Waals surface area (Å²) in [6.45, 7) is 6.17. The smallest absolute Gasteiger partial charge is 0.317 e. The molecule has 6 nitrogen and oxygen atoms in total. The molecule has 0 aromatic carbocycles. The molecule has 1 aliphatic heterocycles. The summed E-state index contributed by atoms with van der Waals surface area (Å²) < 4.78 is 5.25. The average molecular weight is 279 g/mol. The zero-order valence-corrected chi connectivity index (χ0v) is 12.0. The molecule has 1 aromatic heterocycles. The summed E-state index contributed by atoms with van der Waals surface area (Å²) in [5, 5.41) is 8.78. The summed E-state index contributed by atoms with van der Waals surface area (Å²) in [7, 11) is 1.66. The molecule has 0 aliphatic carbocycles. The van der Waals surface area contributed by atoms with Crippen LogP contribution in [0.5, 0.6) is 5.75 Å². The predicted molar refractivity (Wildman–Crippen MR) is 74.9 cm³/mol. The van der Waals surface area contributed by atoms with E-state index in [0.29, 0.717) is 0 Å². The molecule has 0 unspecified atom stereocenters. The number of nitrogens with zero attached hydrogens (tertiary/aromatic N) is 3. The van der Waals surface area contributed by atoms with Crippen LogP contribution in [0.15, 0.2) is 12.1 Å². The van der Waals surface area contributed by atoms with Crippen molar-refractivity contribution >= 4 is 5.97 Å². The van der Waals surface area contributed by atoms with Gasteiger partial charge in [-0.15, -0.1) is 0 Å². The van der Waals surface area contributed by atoms with E-state index in [9.17, 15) is 4.79 Å². The molecule has 110 valence electrons. The highest BCUT2D eigenvalue weighted by Gasteiger charge is 2.19. The molecule has 0 saturated carbocycles. The van der Waals surface area contributed by atoms with Gasteiger partial charge in [0.05, 0.1) is 19.3 Å². The normalized spacial score (nSPS) is 17.1. The Labute approximate surface area is 119 Å². The minimum absolute atomic E-state index is 0.129. The lowest BCUT2D eigenvalue weighted by Gasteiger charge is -2.33. The second-order valence-electron chi connectivity index (χ2n) is 5.09. The number of aromatic nitrogens is 1. The first-order chi connectivity index (χ1) is 9.56. The van der Waals surface area contributed by atoms with Crippen LogP contribution in [0.2, 0.25) is 0 Å². The number of hydrogen-bond acceptors (Lipinski definition) is 5. The number of carboxylic acid groups (broad SMARTS) is 1. The quantitative estimate of drug-likeness (QED) is 0.851. The van der Waals surface area contributed by atoms with Crippen LogP contribution in [0.25, 0.3) is 0 Å². The lowest BCUT2D eigenvalue weighted by Crippen LogP contribution is -2.47. The first kappa shape index (κ1) is 14.7. The van der Waals surface area contributed by atoms with E-state index in [2.05, 4.69) is 9.88 Å². The lowest BCUT2D eigenvalue weighted by atomic mass is 10.2. The van der Waals surface area contributed by atoms with Crippen LogP contribution < -0.4 is 4.74 Å². The second kappa shape index (κ2) is 6.67. The fourth-order valence-electron chi connectivity index (χ4n) is 2.43. The minimum Gasteiger partial charge on any atom is -0.497 e. The zero-order chi connectivity index (χ0) is 14.5. The molecule has 0 spiro atoms. The molecule has 1 N–H and O–H groups in total. The van der Waals surface area contributed by atoms with Crippen LogP contribution in [-0.4, -0.2) is 65.7 Å². The fourth-order valence-corrected chi connectivity index (χ4v) is 2.43. The van der Waals surface area contributed by atoms with Gasteiger partial charge in [0, 0.05) is 50.6 Å².